The number of nitro benzene ring substituents is 1. The molecule has 1 heterocycles. The zero-order chi connectivity index (χ0) is 29.2. The molecule has 0 bridgehead atoms. The van der Waals surface area contributed by atoms with Gasteiger partial charge in [0.2, 0.25) is 0 Å². The SMILES string of the molecule is CCCCCN(C)Cc1cc(C(=O)OCC)ccc1-c1cc(C(=O)OCC)c(Nc2ccc(F)cc2[N+](=O)[O-])[nH]1. The molecule has 0 saturated heterocycles. The lowest BCUT2D eigenvalue weighted by atomic mass is 10.0. The van der Waals surface area contributed by atoms with E-state index in [1.165, 1.54) is 6.07 Å². The fourth-order valence-corrected chi connectivity index (χ4v) is 4.29. The summed E-state index contributed by atoms with van der Waals surface area (Å²) >= 11 is 0. The van der Waals surface area contributed by atoms with Crippen molar-refractivity contribution in [3.63, 3.8) is 0 Å². The number of carbonyl (C=O) groups is 2. The lowest BCUT2D eigenvalue weighted by Crippen LogP contribution is -2.20. The van der Waals surface area contributed by atoms with Crippen LogP contribution in [0.4, 0.5) is 21.6 Å². The molecule has 0 aliphatic carbocycles. The fourth-order valence-electron chi connectivity index (χ4n) is 4.29. The minimum absolute atomic E-state index is 0.00103. The summed E-state index contributed by atoms with van der Waals surface area (Å²) in [6.45, 7) is 7.30. The Labute approximate surface area is 232 Å². The van der Waals surface area contributed by atoms with Gasteiger partial charge in [0.1, 0.15) is 22.9 Å². The molecule has 214 valence electrons. The molecule has 40 heavy (non-hydrogen) atoms. The summed E-state index contributed by atoms with van der Waals surface area (Å²) in [5.74, 6) is -1.68. The quantitative estimate of drug-likeness (QED) is 0.101. The Kier molecular flexibility index (Phi) is 10.8. The first-order valence-corrected chi connectivity index (χ1v) is 13.3. The fraction of sp³-hybridized carbons (Fsp3) is 0.379. The van der Waals surface area contributed by atoms with Crippen molar-refractivity contribution in [2.75, 3.05) is 32.1 Å². The molecule has 0 aliphatic heterocycles. The van der Waals surface area contributed by atoms with Gasteiger partial charge in [0, 0.05) is 17.8 Å². The lowest BCUT2D eigenvalue weighted by molar-refractivity contribution is -0.384. The molecule has 11 heteroatoms. The van der Waals surface area contributed by atoms with Gasteiger partial charge < -0.3 is 24.7 Å². The van der Waals surface area contributed by atoms with E-state index >= 15 is 0 Å². The average molecular weight is 555 g/mol. The topological polar surface area (TPSA) is 127 Å². The highest BCUT2D eigenvalue weighted by Crippen LogP contribution is 2.34. The molecular formula is C29H35FN4O6. The van der Waals surface area contributed by atoms with Crippen molar-refractivity contribution in [1.29, 1.82) is 0 Å². The van der Waals surface area contributed by atoms with Gasteiger partial charge in [-0.1, -0.05) is 25.8 Å². The molecule has 3 aromatic rings. The zero-order valence-corrected chi connectivity index (χ0v) is 23.2. The number of hydrogen-bond acceptors (Lipinski definition) is 8. The van der Waals surface area contributed by atoms with Gasteiger partial charge in [0.05, 0.1) is 29.8 Å². The summed E-state index contributed by atoms with van der Waals surface area (Å²) in [6, 6.07) is 9.90. The van der Waals surface area contributed by atoms with Crippen LogP contribution in [0.25, 0.3) is 11.3 Å². The lowest BCUT2D eigenvalue weighted by Gasteiger charge is -2.19. The van der Waals surface area contributed by atoms with E-state index < -0.39 is 28.4 Å². The van der Waals surface area contributed by atoms with Gasteiger partial charge in [-0.15, -0.1) is 0 Å². The first-order chi connectivity index (χ1) is 19.2. The third-order valence-electron chi connectivity index (χ3n) is 6.22. The van der Waals surface area contributed by atoms with E-state index in [-0.39, 0.29) is 30.3 Å². The van der Waals surface area contributed by atoms with Gasteiger partial charge in [0.25, 0.3) is 5.69 Å². The van der Waals surface area contributed by atoms with Crippen molar-refractivity contribution >= 4 is 29.1 Å². The maximum atomic E-state index is 13.7. The van der Waals surface area contributed by atoms with Gasteiger partial charge >= 0.3 is 11.9 Å². The Morgan fingerprint density at radius 1 is 1.02 bits per heavy atom. The van der Waals surface area contributed by atoms with E-state index in [4.69, 9.17) is 9.47 Å². The van der Waals surface area contributed by atoms with Crippen molar-refractivity contribution in [3.8, 4) is 11.3 Å². The maximum Gasteiger partial charge on any atom is 0.341 e. The molecule has 0 fully saturated rings. The van der Waals surface area contributed by atoms with Gasteiger partial charge in [-0.25, -0.2) is 14.0 Å². The van der Waals surface area contributed by atoms with Crippen LogP contribution in [0, 0.1) is 15.9 Å². The summed E-state index contributed by atoms with van der Waals surface area (Å²) in [7, 11) is 2.00. The number of aromatic nitrogens is 1. The molecule has 0 saturated carbocycles. The maximum absolute atomic E-state index is 13.7. The van der Waals surface area contributed by atoms with E-state index in [9.17, 15) is 24.1 Å². The molecule has 0 radical (unpaired) electrons. The largest absolute Gasteiger partial charge is 0.462 e. The molecule has 3 rings (SSSR count). The van der Waals surface area contributed by atoms with Crippen molar-refractivity contribution < 1.29 is 28.4 Å². The number of aromatic amines is 1. The predicted molar refractivity (Wildman–Crippen MR) is 150 cm³/mol. The number of benzene rings is 2. The molecule has 1 aromatic heterocycles. The summed E-state index contributed by atoms with van der Waals surface area (Å²) in [6.07, 6.45) is 3.22. The van der Waals surface area contributed by atoms with Crippen LogP contribution < -0.4 is 5.32 Å². The van der Waals surface area contributed by atoms with Crippen LogP contribution in [0.15, 0.2) is 42.5 Å². The molecule has 0 spiro atoms. The van der Waals surface area contributed by atoms with Crippen LogP contribution in [-0.4, -0.2) is 53.6 Å². The second kappa shape index (κ2) is 14.2. The van der Waals surface area contributed by atoms with Crippen LogP contribution >= 0.6 is 0 Å². The number of unbranched alkanes of at least 4 members (excludes halogenated alkanes) is 2. The molecule has 10 nitrogen and oxygen atoms in total. The van der Waals surface area contributed by atoms with Crippen LogP contribution in [-0.2, 0) is 16.0 Å². The van der Waals surface area contributed by atoms with E-state index in [1.54, 1.807) is 38.1 Å². The van der Waals surface area contributed by atoms with Crippen molar-refractivity contribution in [2.24, 2.45) is 0 Å². The molecule has 2 N–H and O–H groups in total. The van der Waals surface area contributed by atoms with E-state index in [2.05, 4.69) is 22.1 Å². The first-order valence-electron chi connectivity index (χ1n) is 13.3. The van der Waals surface area contributed by atoms with Crippen molar-refractivity contribution in [2.45, 2.75) is 46.6 Å². The average Bonchev–Trinajstić information content (AvgIpc) is 3.33. The summed E-state index contributed by atoms with van der Waals surface area (Å²) in [4.78, 5) is 41.5. The van der Waals surface area contributed by atoms with Crippen LogP contribution in [0.1, 0.15) is 66.3 Å². The third-order valence-corrected chi connectivity index (χ3v) is 6.22. The number of halogens is 1. The van der Waals surface area contributed by atoms with E-state index in [1.807, 2.05) is 7.05 Å². The van der Waals surface area contributed by atoms with Crippen LogP contribution in [0.3, 0.4) is 0 Å². The molecule has 0 unspecified atom stereocenters. The number of carbonyl (C=O) groups excluding carboxylic acids is 2. The van der Waals surface area contributed by atoms with E-state index in [0.29, 0.717) is 17.8 Å². The van der Waals surface area contributed by atoms with Crippen LogP contribution in [0.2, 0.25) is 0 Å². The monoisotopic (exact) mass is 554 g/mol. The highest BCUT2D eigenvalue weighted by molar-refractivity contribution is 5.98. The Morgan fingerprint density at radius 3 is 2.42 bits per heavy atom. The minimum atomic E-state index is -0.760. The Morgan fingerprint density at radius 2 is 1.75 bits per heavy atom. The second-order valence-corrected chi connectivity index (χ2v) is 9.27. The molecule has 2 aromatic carbocycles. The van der Waals surface area contributed by atoms with Crippen molar-refractivity contribution in [1.82, 2.24) is 9.88 Å². The number of rotatable bonds is 14. The smallest absolute Gasteiger partial charge is 0.341 e. The highest BCUT2D eigenvalue weighted by atomic mass is 19.1. The number of nitro groups is 1. The Balaban J connectivity index is 2.09. The summed E-state index contributed by atoms with van der Waals surface area (Å²) < 4.78 is 24.1. The third kappa shape index (κ3) is 7.66. The minimum Gasteiger partial charge on any atom is -0.462 e. The van der Waals surface area contributed by atoms with Gasteiger partial charge in [-0.3, -0.25) is 10.1 Å². The molecule has 0 atom stereocenters. The number of esters is 2. The zero-order valence-electron chi connectivity index (χ0n) is 23.2. The molecule has 0 amide bonds. The normalized spacial score (nSPS) is 10.9. The second-order valence-electron chi connectivity index (χ2n) is 9.27. The van der Waals surface area contributed by atoms with Gasteiger partial charge in [-0.05, 0) is 69.8 Å². The molecule has 0 aliphatic rings. The predicted octanol–water partition coefficient (Wildman–Crippen LogP) is 6.45. The standard InChI is InChI=1S/C29H35FN4O6/c1-5-8-9-14-33(4)18-20-15-19(28(35)39-6-2)10-12-22(20)25-17-23(29(36)40-7-3)27(32-25)31-24-13-11-21(30)16-26(24)34(37)38/h10-13,15-17,31-32H,5-9,14,18H2,1-4H3. The number of nitrogens with zero attached hydrogens (tertiary/aromatic N) is 2. The number of anilines is 2. The number of nitrogens with one attached hydrogen (secondary N) is 2. The first kappa shape index (κ1) is 30.3. The number of hydrogen-bond donors (Lipinski definition) is 2. The van der Waals surface area contributed by atoms with Gasteiger partial charge in [0.15, 0.2) is 0 Å². The molecular weight excluding hydrogens is 519 g/mol. The number of H-pyrrole nitrogens is 1. The van der Waals surface area contributed by atoms with Crippen molar-refractivity contribution in [3.05, 3.63) is 75.1 Å². The van der Waals surface area contributed by atoms with E-state index in [0.717, 1.165) is 49.1 Å². The van der Waals surface area contributed by atoms with Gasteiger partial charge in [-0.2, -0.15) is 0 Å². The number of ether oxygens (including phenoxy) is 2. The summed E-state index contributed by atoms with van der Waals surface area (Å²) in [5.41, 5.74) is 2.11. The Bertz CT molecular complexity index is 1360. The summed E-state index contributed by atoms with van der Waals surface area (Å²) in [5, 5.41) is 14.4. The Hall–Kier alpha value is -4.25. The highest BCUT2D eigenvalue weighted by Gasteiger charge is 2.23. The van der Waals surface area contributed by atoms with Crippen LogP contribution in [0.5, 0.6) is 0 Å².